The zero-order valence-electron chi connectivity index (χ0n) is 15.4. The second kappa shape index (κ2) is 7.92. The first kappa shape index (κ1) is 17.1. The lowest BCUT2D eigenvalue weighted by Crippen LogP contribution is -2.12. The zero-order valence-corrected chi connectivity index (χ0v) is 15.4. The molecule has 0 saturated heterocycles. The molecule has 0 bridgehead atoms. The van der Waals surface area contributed by atoms with Crippen molar-refractivity contribution in [2.75, 3.05) is 12.4 Å². The van der Waals surface area contributed by atoms with Crippen molar-refractivity contribution in [1.29, 1.82) is 0 Å². The molecular formula is C24H22N2O. The first-order chi connectivity index (χ1) is 13.3. The average molecular weight is 354 g/mol. The van der Waals surface area contributed by atoms with E-state index in [0.29, 0.717) is 0 Å². The van der Waals surface area contributed by atoms with E-state index in [1.807, 2.05) is 60.8 Å². The van der Waals surface area contributed by atoms with E-state index in [1.165, 1.54) is 16.7 Å². The fourth-order valence-corrected chi connectivity index (χ4v) is 3.32. The Morgan fingerprint density at radius 1 is 0.889 bits per heavy atom. The van der Waals surface area contributed by atoms with Crippen molar-refractivity contribution in [2.24, 2.45) is 4.99 Å². The summed E-state index contributed by atoms with van der Waals surface area (Å²) < 4.78 is 5.40. The smallest absolute Gasteiger partial charge is 0.119 e. The number of allylic oxidation sites excluding steroid dienone is 1. The van der Waals surface area contributed by atoms with Gasteiger partial charge in [0.1, 0.15) is 5.75 Å². The standard InChI is InChI=1S/C24H22N2O/c1-27-22-14-15-23-18(16-22)12-13-19(17-25-20-8-4-2-5-9-20)24(23)26-21-10-6-3-7-11-21/h2-11,14-17,26H,12-13H2,1H3. The third-order valence-electron chi connectivity index (χ3n) is 4.74. The lowest BCUT2D eigenvalue weighted by molar-refractivity contribution is 0.414. The van der Waals surface area contributed by atoms with E-state index in [-0.39, 0.29) is 0 Å². The largest absolute Gasteiger partial charge is 0.497 e. The Hall–Kier alpha value is -3.33. The van der Waals surface area contributed by atoms with Gasteiger partial charge in [-0.2, -0.15) is 0 Å². The number of anilines is 1. The molecule has 0 fully saturated rings. The average Bonchev–Trinajstić information content (AvgIpc) is 2.74. The summed E-state index contributed by atoms with van der Waals surface area (Å²) in [4.78, 5) is 4.68. The molecule has 134 valence electrons. The van der Waals surface area contributed by atoms with Crippen LogP contribution in [0, 0.1) is 0 Å². The molecule has 1 aliphatic rings. The molecular weight excluding hydrogens is 332 g/mol. The SMILES string of the molecule is COc1ccc2c(c1)CCC(C=Nc1ccccc1)=C2Nc1ccccc1. The molecule has 1 N–H and O–H groups in total. The van der Waals surface area contributed by atoms with Gasteiger partial charge in [-0.1, -0.05) is 36.4 Å². The van der Waals surface area contributed by atoms with Crippen molar-refractivity contribution in [2.45, 2.75) is 12.8 Å². The summed E-state index contributed by atoms with van der Waals surface area (Å²) in [6.07, 6.45) is 3.90. The van der Waals surface area contributed by atoms with Gasteiger partial charge in [-0.25, -0.2) is 0 Å². The van der Waals surface area contributed by atoms with E-state index in [1.54, 1.807) is 7.11 Å². The third-order valence-corrected chi connectivity index (χ3v) is 4.74. The quantitative estimate of drug-likeness (QED) is 0.582. The number of fused-ring (bicyclic) bond motifs is 1. The van der Waals surface area contributed by atoms with Crippen LogP contribution in [0.15, 0.2) is 89.4 Å². The molecule has 0 aliphatic heterocycles. The number of hydrogen-bond donors (Lipinski definition) is 1. The third kappa shape index (κ3) is 3.93. The van der Waals surface area contributed by atoms with Gasteiger partial charge in [-0.05, 0) is 66.4 Å². The van der Waals surface area contributed by atoms with E-state index >= 15 is 0 Å². The summed E-state index contributed by atoms with van der Waals surface area (Å²) in [5.74, 6) is 0.897. The molecule has 3 aromatic carbocycles. The Kier molecular flexibility index (Phi) is 5.01. The number of hydrogen-bond acceptors (Lipinski definition) is 3. The van der Waals surface area contributed by atoms with Crippen LogP contribution in [-0.4, -0.2) is 13.3 Å². The Balaban J connectivity index is 1.75. The summed E-state index contributed by atoms with van der Waals surface area (Å²) in [6, 6.07) is 26.6. The van der Waals surface area contributed by atoms with Crippen LogP contribution >= 0.6 is 0 Å². The normalized spacial score (nSPS) is 13.5. The predicted molar refractivity (Wildman–Crippen MR) is 113 cm³/mol. The molecule has 3 heteroatoms. The highest BCUT2D eigenvalue weighted by atomic mass is 16.5. The topological polar surface area (TPSA) is 33.6 Å². The van der Waals surface area contributed by atoms with E-state index in [9.17, 15) is 0 Å². The van der Waals surface area contributed by atoms with Gasteiger partial charge in [0.15, 0.2) is 0 Å². The van der Waals surface area contributed by atoms with Crippen LogP contribution in [0.25, 0.3) is 5.70 Å². The van der Waals surface area contributed by atoms with Crippen molar-refractivity contribution in [3.05, 3.63) is 95.6 Å². The molecule has 3 nitrogen and oxygen atoms in total. The summed E-state index contributed by atoms with van der Waals surface area (Å²) in [5, 5.41) is 3.61. The van der Waals surface area contributed by atoms with Gasteiger partial charge >= 0.3 is 0 Å². The molecule has 0 radical (unpaired) electrons. The van der Waals surface area contributed by atoms with Crippen LogP contribution < -0.4 is 10.1 Å². The number of methoxy groups -OCH3 is 1. The second-order valence-electron chi connectivity index (χ2n) is 6.51. The van der Waals surface area contributed by atoms with E-state index in [2.05, 4.69) is 34.6 Å². The lowest BCUT2D eigenvalue weighted by Gasteiger charge is -2.23. The zero-order chi connectivity index (χ0) is 18.5. The molecule has 0 heterocycles. The molecule has 0 atom stereocenters. The van der Waals surface area contributed by atoms with Gasteiger partial charge in [0.2, 0.25) is 0 Å². The Labute approximate surface area is 160 Å². The predicted octanol–water partition coefficient (Wildman–Crippen LogP) is 5.87. The molecule has 27 heavy (non-hydrogen) atoms. The van der Waals surface area contributed by atoms with Crippen molar-refractivity contribution in [1.82, 2.24) is 0 Å². The summed E-state index contributed by atoms with van der Waals surface area (Å²) in [5.41, 5.74) is 6.86. The van der Waals surface area contributed by atoms with E-state index in [0.717, 1.165) is 35.7 Å². The number of ether oxygens (including phenoxy) is 1. The van der Waals surface area contributed by atoms with Crippen LogP contribution in [0.5, 0.6) is 5.75 Å². The highest BCUT2D eigenvalue weighted by Gasteiger charge is 2.19. The van der Waals surface area contributed by atoms with Crippen LogP contribution in [0.4, 0.5) is 11.4 Å². The summed E-state index contributed by atoms with van der Waals surface area (Å²) >= 11 is 0. The fourth-order valence-electron chi connectivity index (χ4n) is 3.32. The van der Waals surface area contributed by atoms with Crippen molar-refractivity contribution in [3.63, 3.8) is 0 Å². The Morgan fingerprint density at radius 2 is 1.63 bits per heavy atom. The molecule has 3 aromatic rings. The lowest BCUT2D eigenvalue weighted by atomic mass is 9.89. The molecule has 4 rings (SSSR count). The monoisotopic (exact) mass is 354 g/mol. The van der Waals surface area contributed by atoms with Gasteiger partial charge in [0.25, 0.3) is 0 Å². The minimum Gasteiger partial charge on any atom is -0.497 e. The number of nitrogens with one attached hydrogen (secondary N) is 1. The number of benzene rings is 3. The Morgan fingerprint density at radius 3 is 2.37 bits per heavy atom. The van der Waals surface area contributed by atoms with Crippen molar-refractivity contribution in [3.8, 4) is 5.75 Å². The summed E-state index contributed by atoms with van der Waals surface area (Å²) in [7, 11) is 1.71. The number of para-hydroxylation sites is 2. The van der Waals surface area contributed by atoms with Gasteiger partial charge in [0.05, 0.1) is 18.5 Å². The van der Waals surface area contributed by atoms with Gasteiger partial charge in [0, 0.05) is 17.5 Å². The van der Waals surface area contributed by atoms with Gasteiger partial charge in [-0.3, -0.25) is 4.99 Å². The molecule has 1 aliphatic carbocycles. The van der Waals surface area contributed by atoms with Crippen LogP contribution in [0.3, 0.4) is 0 Å². The summed E-state index contributed by atoms with van der Waals surface area (Å²) in [6.45, 7) is 0. The fraction of sp³-hybridized carbons (Fsp3) is 0.125. The maximum Gasteiger partial charge on any atom is 0.119 e. The molecule has 0 saturated carbocycles. The van der Waals surface area contributed by atoms with Crippen molar-refractivity contribution < 1.29 is 4.74 Å². The minimum absolute atomic E-state index is 0.897. The van der Waals surface area contributed by atoms with Gasteiger partial charge < -0.3 is 10.1 Å². The highest BCUT2D eigenvalue weighted by molar-refractivity contribution is 5.97. The second-order valence-corrected chi connectivity index (χ2v) is 6.51. The Bertz CT molecular complexity index is 976. The molecule has 0 spiro atoms. The van der Waals surface area contributed by atoms with Crippen LogP contribution in [0.1, 0.15) is 17.5 Å². The van der Waals surface area contributed by atoms with Crippen molar-refractivity contribution >= 4 is 23.3 Å². The molecule has 0 aromatic heterocycles. The number of aryl methyl sites for hydroxylation is 1. The van der Waals surface area contributed by atoms with Crippen LogP contribution in [0.2, 0.25) is 0 Å². The molecule has 0 amide bonds. The van der Waals surface area contributed by atoms with E-state index < -0.39 is 0 Å². The number of rotatable bonds is 5. The van der Waals surface area contributed by atoms with E-state index in [4.69, 9.17) is 4.74 Å². The van der Waals surface area contributed by atoms with Gasteiger partial charge in [-0.15, -0.1) is 0 Å². The maximum absolute atomic E-state index is 5.40. The van der Waals surface area contributed by atoms with Crippen LogP contribution in [-0.2, 0) is 6.42 Å². The minimum atomic E-state index is 0.897. The maximum atomic E-state index is 5.40. The number of nitrogens with zero attached hydrogens (tertiary/aromatic N) is 1. The highest BCUT2D eigenvalue weighted by Crippen LogP contribution is 2.34. The first-order valence-corrected chi connectivity index (χ1v) is 9.15. The molecule has 0 unspecified atom stereocenters. The first-order valence-electron chi connectivity index (χ1n) is 9.15. The number of aliphatic imine (C=N–C) groups is 1.